The van der Waals surface area contributed by atoms with Crippen molar-refractivity contribution in [2.75, 3.05) is 32.1 Å². The monoisotopic (exact) mass is 410 g/mol. The fraction of sp³-hybridized carbons (Fsp3) is 0.304. The lowest BCUT2D eigenvalue weighted by atomic mass is 9.99. The quantitative estimate of drug-likeness (QED) is 0.577. The molecule has 2 aromatic carbocycles. The SMILES string of the molecule is COc1cc(C=CC(=O)Nc2ccccc2C(=O)O)ccc1OCC1CCNCC1. The lowest BCUT2D eigenvalue weighted by Gasteiger charge is -2.23. The number of ether oxygens (including phenoxy) is 2. The minimum Gasteiger partial charge on any atom is -0.493 e. The molecule has 1 aliphatic heterocycles. The topological polar surface area (TPSA) is 96.9 Å². The zero-order valence-corrected chi connectivity index (χ0v) is 16.9. The maximum absolute atomic E-state index is 12.2. The first-order valence-corrected chi connectivity index (χ1v) is 9.89. The molecule has 0 atom stereocenters. The molecule has 1 heterocycles. The number of rotatable bonds is 8. The van der Waals surface area contributed by atoms with Crippen molar-refractivity contribution < 1.29 is 24.2 Å². The van der Waals surface area contributed by atoms with Crippen LogP contribution in [0, 0.1) is 5.92 Å². The lowest BCUT2D eigenvalue weighted by molar-refractivity contribution is -0.111. The maximum Gasteiger partial charge on any atom is 0.337 e. The Balaban J connectivity index is 1.62. The number of methoxy groups -OCH3 is 1. The molecule has 158 valence electrons. The van der Waals surface area contributed by atoms with E-state index >= 15 is 0 Å². The van der Waals surface area contributed by atoms with Crippen LogP contribution >= 0.6 is 0 Å². The van der Waals surface area contributed by atoms with Gasteiger partial charge in [-0.3, -0.25) is 4.79 Å². The number of para-hydroxylation sites is 1. The van der Waals surface area contributed by atoms with Gasteiger partial charge in [0.2, 0.25) is 5.91 Å². The number of carboxylic acids is 1. The number of carbonyl (C=O) groups excluding carboxylic acids is 1. The van der Waals surface area contributed by atoms with E-state index in [4.69, 9.17) is 9.47 Å². The number of aromatic carboxylic acids is 1. The van der Waals surface area contributed by atoms with Crippen molar-refractivity contribution in [3.8, 4) is 11.5 Å². The Morgan fingerprint density at radius 2 is 1.93 bits per heavy atom. The highest BCUT2D eigenvalue weighted by molar-refractivity contribution is 6.06. The fourth-order valence-electron chi connectivity index (χ4n) is 3.29. The van der Waals surface area contributed by atoms with Crippen LogP contribution in [-0.2, 0) is 4.79 Å². The Kier molecular flexibility index (Phi) is 7.45. The van der Waals surface area contributed by atoms with Crippen molar-refractivity contribution in [3.63, 3.8) is 0 Å². The van der Waals surface area contributed by atoms with E-state index in [9.17, 15) is 14.7 Å². The summed E-state index contributed by atoms with van der Waals surface area (Å²) >= 11 is 0. The molecule has 1 fully saturated rings. The van der Waals surface area contributed by atoms with E-state index in [0.29, 0.717) is 24.0 Å². The number of hydrogen-bond acceptors (Lipinski definition) is 5. The van der Waals surface area contributed by atoms with E-state index < -0.39 is 11.9 Å². The van der Waals surface area contributed by atoms with Gasteiger partial charge in [-0.15, -0.1) is 0 Å². The molecule has 0 aliphatic carbocycles. The summed E-state index contributed by atoms with van der Waals surface area (Å²) in [5, 5.41) is 15.1. The number of carboxylic acid groups (broad SMARTS) is 1. The van der Waals surface area contributed by atoms with Gasteiger partial charge < -0.3 is 25.2 Å². The average molecular weight is 410 g/mol. The smallest absolute Gasteiger partial charge is 0.337 e. The normalized spacial score (nSPS) is 14.4. The zero-order valence-electron chi connectivity index (χ0n) is 16.9. The highest BCUT2D eigenvalue weighted by atomic mass is 16.5. The number of piperidine rings is 1. The maximum atomic E-state index is 12.2. The Hall–Kier alpha value is -3.32. The molecule has 0 bridgehead atoms. The summed E-state index contributed by atoms with van der Waals surface area (Å²) in [4.78, 5) is 23.4. The molecule has 0 unspecified atom stereocenters. The van der Waals surface area contributed by atoms with Gasteiger partial charge in [0.1, 0.15) is 0 Å². The van der Waals surface area contributed by atoms with Crippen molar-refractivity contribution in [1.82, 2.24) is 5.32 Å². The van der Waals surface area contributed by atoms with E-state index in [2.05, 4.69) is 10.6 Å². The van der Waals surface area contributed by atoms with Crippen molar-refractivity contribution in [3.05, 3.63) is 59.7 Å². The minimum atomic E-state index is -1.10. The molecular weight excluding hydrogens is 384 g/mol. The molecule has 3 rings (SSSR count). The summed E-state index contributed by atoms with van der Waals surface area (Å²) in [6, 6.07) is 11.7. The van der Waals surface area contributed by atoms with Crippen LogP contribution in [0.15, 0.2) is 48.5 Å². The van der Waals surface area contributed by atoms with Gasteiger partial charge in [0.15, 0.2) is 11.5 Å². The summed E-state index contributed by atoms with van der Waals surface area (Å²) in [5.74, 6) is 0.289. The Labute approximate surface area is 175 Å². The van der Waals surface area contributed by atoms with Gasteiger partial charge in [0, 0.05) is 6.08 Å². The van der Waals surface area contributed by atoms with Crippen LogP contribution in [0.1, 0.15) is 28.8 Å². The first-order chi connectivity index (χ1) is 14.6. The first-order valence-electron chi connectivity index (χ1n) is 9.89. The number of carbonyl (C=O) groups is 2. The van der Waals surface area contributed by atoms with Gasteiger partial charge in [-0.25, -0.2) is 4.79 Å². The Morgan fingerprint density at radius 3 is 2.67 bits per heavy atom. The predicted octanol–water partition coefficient (Wildman–Crippen LogP) is 3.42. The Bertz CT molecular complexity index is 920. The van der Waals surface area contributed by atoms with E-state index in [1.165, 1.54) is 12.1 Å². The summed E-state index contributed by atoms with van der Waals surface area (Å²) in [6.45, 7) is 2.69. The highest BCUT2D eigenvalue weighted by Crippen LogP contribution is 2.29. The molecule has 1 saturated heterocycles. The van der Waals surface area contributed by atoms with Crippen LogP contribution in [0.25, 0.3) is 6.08 Å². The molecule has 1 amide bonds. The molecule has 0 radical (unpaired) electrons. The molecular formula is C23H26N2O5. The van der Waals surface area contributed by atoms with Gasteiger partial charge in [-0.1, -0.05) is 18.2 Å². The Morgan fingerprint density at radius 1 is 1.17 bits per heavy atom. The van der Waals surface area contributed by atoms with Crippen LogP contribution in [0.3, 0.4) is 0 Å². The zero-order chi connectivity index (χ0) is 21.3. The second-order valence-electron chi connectivity index (χ2n) is 7.09. The van der Waals surface area contributed by atoms with E-state index in [-0.39, 0.29) is 11.3 Å². The number of benzene rings is 2. The molecule has 7 heteroatoms. The molecule has 7 nitrogen and oxygen atoms in total. The van der Waals surface area contributed by atoms with Gasteiger partial charge >= 0.3 is 5.97 Å². The molecule has 0 spiro atoms. The second kappa shape index (κ2) is 10.5. The average Bonchev–Trinajstić information content (AvgIpc) is 2.77. The van der Waals surface area contributed by atoms with Gasteiger partial charge in [0.05, 0.1) is 25.0 Å². The third kappa shape index (κ3) is 5.84. The van der Waals surface area contributed by atoms with Crippen LogP contribution in [0.5, 0.6) is 11.5 Å². The number of amides is 1. The van der Waals surface area contributed by atoms with Gasteiger partial charge in [-0.2, -0.15) is 0 Å². The highest BCUT2D eigenvalue weighted by Gasteiger charge is 2.15. The van der Waals surface area contributed by atoms with E-state index in [1.807, 2.05) is 12.1 Å². The molecule has 30 heavy (non-hydrogen) atoms. The summed E-state index contributed by atoms with van der Waals surface area (Å²) in [5.41, 5.74) is 1.05. The standard InChI is InChI=1S/C23H26N2O5/c1-29-21-14-16(6-8-20(21)30-15-17-10-12-24-13-11-17)7-9-22(26)25-19-5-3-2-4-18(19)23(27)28/h2-9,14,17,24H,10-13,15H2,1H3,(H,25,26)(H,27,28). The third-order valence-corrected chi connectivity index (χ3v) is 4.96. The summed E-state index contributed by atoms with van der Waals surface area (Å²) < 4.78 is 11.4. The molecule has 2 aromatic rings. The van der Waals surface area contributed by atoms with Crippen molar-refractivity contribution in [2.45, 2.75) is 12.8 Å². The summed E-state index contributed by atoms with van der Waals surface area (Å²) in [7, 11) is 1.58. The molecule has 0 saturated carbocycles. The largest absolute Gasteiger partial charge is 0.493 e. The van der Waals surface area contributed by atoms with Crippen molar-refractivity contribution in [1.29, 1.82) is 0 Å². The van der Waals surface area contributed by atoms with E-state index in [0.717, 1.165) is 31.5 Å². The van der Waals surface area contributed by atoms with Crippen LogP contribution in [-0.4, -0.2) is 43.8 Å². The number of hydrogen-bond donors (Lipinski definition) is 3. The fourth-order valence-corrected chi connectivity index (χ4v) is 3.29. The second-order valence-corrected chi connectivity index (χ2v) is 7.09. The van der Waals surface area contributed by atoms with Crippen LogP contribution < -0.4 is 20.1 Å². The van der Waals surface area contributed by atoms with Gasteiger partial charge in [-0.05, 0) is 67.8 Å². The molecule has 1 aliphatic rings. The predicted molar refractivity (Wildman–Crippen MR) is 115 cm³/mol. The lowest BCUT2D eigenvalue weighted by Crippen LogP contribution is -2.30. The molecule has 3 N–H and O–H groups in total. The van der Waals surface area contributed by atoms with Crippen molar-refractivity contribution >= 4 is 23.6 Å². The van der Waals surface area contributed by atoms with E-state index in [1.54, 1.807) is 37.5 Å². The molecule has 0 aromatic heterocycles. The number of anilines is 1. The third-order valence-electron chi connectivity index (χ3n) is 4.96. The number of nitrogens with one attached hydrogen (secondary N) is 2. The van der Waals surface area contributed by atoms with Crippen LogP contribution in [0.4, 0.5) is 5.69 Å². The first kappa shape index (κ1) is 21.4. The van der Waals surface area contributed by atoms with Crippen LogP contribution in [0.2, 0.25) is 0 Å². The minimum absolute atomic E-state index is 0.0381. The van der Waals surface area contributed by atoms with Crippen molar-refractivity contribution in [2.24, 2.45) is 5.92 Å². The summed E-state index contributed by atoms with van der Waals surface area (Å²) in [6.07, 6.45) is 5.19. The van der Waals surface area contributed by atoms with Gasteiger partial charge in [0.25, 0.3) is 0 Å².